The van der Waals surface area contributed by atoms with Crippen LogP contribution in [0, 0.1) is 0 Å². The number of amides is 1. The number of carbonyl (C=O) groups is 1. The van der Waals surface area contributed by atoms with Crippen molar-refractivity contribution < 1.29 is 147 Å². The number of hydrogen-bond acceptors (Lipinski definition) is 20. The molecule has 1 atom stereocenters. The molecule has 7 aromatic carbocycles. The second-order valence-corrected chi connectivity index (χ2v) is 19.3. The standard InChI is InChI=1S/C45H36N10O13S3.3Na/c1-3-68-37-23-36(50-49-35-18-11-27(46)21-38(35)70(62,63)64)34-22-31(69(59,60)61)15-17-33(34)41(37)52-53-42-39(71(65,66)67)20-26-19-29(14-16-32(26)43(42)56)47-44(57)25-9-12-28(13-10-25)48-51-40-24(2)54-55(45(40)58)30-7-5-4-6-8-30;;;/h4-23,40,56H,3,46H2,1-2H3,(H,47,57)(H,59,60,61)(H,62,63,64)(H,65,66,67);;;/q;3*+1/p-3. The maximum absolute atomic E-state index is 14.0. The van der Waals surface area contributed by atoms with Gasteiger partial charge in [-0.25, -0.2) is 8.42 Å². The average molecular weight is 1090 g/mol. The molecule has 1 amide bonds. The fourth-order valence-corrected chi connectivity index (χ4v) is 8.89. The number of rotatable bonds is 14. The zero-order chi connectivity index (χ0) is 51.0. The smallest absolute Gasteiger partial charge is 0.871 e. The van der Waals surface area contributed by atoms with Crippen LogP contribution in [0.1, 0.15) is 19.4 Å². The summed E-state index contributed by atoms with van der Waals surface area (Å²) in [5.41, 5.74) is 5.35. The third-order valence-electron chi connectivity index (χ3n) is 10.4. The molecule has 1 aliphatic heterocycles. The summed E-state index contributed by atoms with van der Waals surface area (Å²) in [5.74, 6) is -2.33. The molecule has 4 N–H and O–H groups in total. The molecule has 74 heavy (non-hydrogen) atoms. The molecule has 0 saturated heterocycles. The summed E-state index contributed by atoms with van der Waals surface area (Å²) < 4.78 is 112. The van der Waals surface area contributed by atoms with E-state index in [-0.39, 0.29) is 162 Å². The predicted octanol–water partition coefficient (Wildman–Crippen LogP) is -1.40. The Kier molecular flexibility index (Phi) is 19.3. The maximum Gasteiger partial charge on any atom is 1.00 e. The van der Waals surface area contributed by atoms with Crippen LogP contribution >= 0.6 is 0 Å². The molecule has 0 aliphatic carbocycles. The largest absolute Gasteiger partial charge is 1.00 e. The molecule has 23 nitrogen and oxygen atoms in total. The van der Waals surface area contributed by atoms with Crippen molar-refractivity contribution in [2.75, 3.05) is 17.3 Å². The number of carbonyl (C=O) groups excluding carboxylic acids is 1. The van der Waals surface area contributed by atoms with Gasteiger partial charge in [0.05, 0.1) is 45.7 Å². The van der Waals surface area contributed by atoms with Crippen molar-refractivity contribution >= 4 is 115 Å². The summed E-state index contributed by atoms with van der Waals surface area (Å²) in [6.07, 6.45) is 0. The van der Waals surface area contributed by atoms with Crippen LogP contribution in [0.15, 0.2) is 177 Å². The van der Waals surface area contributed by atoms with Gasteiger partial charge in [-0.15, -0.1) is 20.5 Å². The molecule has 0 saturated carbocycles. The van der Waals surface area contributed by atoms with E-state index in [2.05, 4.69) is 40.8 Å². The normalized spacial score (nSPS) is 14.4. The van der Waals surface area contributed by atoms with Gasteiger partial charge in [0, 0.05) is 22.5 Å². The molecular formula is C45H33N10Na3O13S3. The van der Waals surface area contributed by atoms with E-state index >= 15 is 0 Å². The van der Waals surface area contributed by atoms with Crippen molar-refractivity contribution in [1.29, 1.82) is 0 Å². The number of hydrazone groups is 1. The number of aliphatic imine (C=N–C) groups is 1. The second kappa shape index (κ2) is 24.1. The molecule has 0 bridgehead atoms. The fraction of sp³-hybridized carbons (Fsp3) is 0.0889. The number of nitrogens with two attached hydrogens (primary N) is 1. The number of fused-ring (bicyclic) bond motifs is 2. The molecule has 1 unspecified atom stereocenters. The zero-order valence-corrected chi connectivity index (χ0v) is 48.0. The van der Waals surface area contributed by atoms with Crippen molar-refractivity contribution in [3.8, 4) is 11.5 Å². The summed E-state index contributed by atoms with van der Waals surface area (Å²) in [6, 6.07) is 25.8. The molecule has 362 valence electrons. The number of nitrogen functional groups attached to an aromatic ring is 1. The predicted molar refractivity (Wildman–Crippen MR) is 253 cm³/mol. The monoisotopic (exact) mass is 1090 g/mol. The van der Waals surface area contributed by atoms with Crippen molar-refractivity contribution in [3.63, 3.8) is 0 Å². The molecular weight excluding hydrogens is 1050 g/mol. The van der Waals surface area contributed by atoms with Crippen LogP contribution in [0.4, 0.5) is 45.5 Å². The Labute approximate surface area is 488 Å². The van der Waals surface area contributed by atoms with E-state index in [4.69, 9.17) is 10.5 Å². The minimum atomic E-state index is -5.23. The Hall–Kier alpha value is -5.40. The molecule has 1 heterocycles. The van der Waals surface area contributed by atoms with E-state index in [1.165, 1.54) is 53.5 Å². The van der Waals surface area contributed by atoms with Gasteiger partial charge in [-0.05, 0) is 109 Å². The third kappa shape index (κ3) is 13.2. The van der Waals surface area contributed by atoms with E-state index in [0.29, 0.717) is 17.1 Å². The minimum Gasteiger partial charge on any atom is -0.871 e. The van der Waals surface area contributed by atoms with Gasteiger partial charge >= 0.3 is 88.7 Å². The number of hydrogen-bond donors (Lipinski definition) is 3. The first kappa shape index (κ1) is 59.5. The van der Waals surface area contributed by atoms with Crippen LogP contribution in [0.2, 0.25) is 0 Å². The van der Waals surface area contributed by atoms with Crippen molar-refractivity contribution in [2.45, 2.75) is 34.6 Å². The summed E-state index contributed by atoms with van der Waals surface area (Å²) in [5, 5.41) is 56.7. The van der Waals surface area contributed by atoms with Gasteiger partial charge in [-0.2, -0.15) is 37.2 Å². The van der Waals surface area contributed by atoms with Crippen LogP contribution < -0.4 is 114 Å². The van der Waals surface area contributed by atoms with Crippen LogP contribution in [0.5, 0.6) is 11.5 Å². The number of benzene rings is 7. The molecule has 29 heteroatoms. The summed E-state index contributed by atoms with van der Waals surface area (Å²) in [4.78, 5) is 14.6. The minimum absolute atomic E-state index is 0. The molecule has 8 rings (SSSR count). The zero-order valence-electron chi connectivity index (χ0n) is 39.5. The molecule has 7 aromatic rings. The first-order valence-corrected chi connectivity index (χ1v) is 24.8. The van der Waals surface area contributed by atoms with Crippen molar-refractivity contribution in [2.24, 2.45) is 40.8 Å². The number of azo groups is 3. The van der Waals surface area contributed by atoms with Crippen molar-refractivity contribution in [3.05, 3.63) is 127 Å². The van der Waals surface area contributed by atoms with Crippen LogP contribution in [-0.4, -0.2) is 69.1 Å². The SMILES string of the molecule is CCOc1cc(N=Nc2ccc(N)cc2S(=O)(=O)O)c2cc(S(=O)(=O)[O-])ccc2c1N=Nc1c(S(=O)(=O)O)cc2cc(N=C([O-])c3ccc(N=NC4C(=O)N(c5ccccc5)N=C4C)cc3)ccc2c1[O-].[Na+].[Na+].[Na+]. The fourth-order valence-electron chi connectivity index (χ4n) is 7.09. The van der Waals surface area contributed by atoms with E-state index in [1.54, 1.807) is 38.1 Å². The van der Waals surface area contributed by atoms with E-state index in [9.17, 15) is 53.9 Å². The molecule has 0 radical (unpaired) electrons. The van der Waals surface area contributed by atoms with Gasteiger partial charge in [0.1, 0.15) is 37.0 Å². The van der Waals surface area contributed by atoms with E-state index in [0.717, 1.165) is 42.5 Å². The van der Waals surface area contributed by atoms with Crippen LogP contribution in [0.3, 0.4) is 0 Å². The topological polar surface area (TPSA) is 366 Å². The maximum atomic E-state index is 14.0. The third-order valence-corrected chi connectivity index (χ3v) is 13.0. The Bertz CT molecular complexity index is 3850. The molecule has 0 fully saturated rings. The Morgan fingerprint density at radius 2 is 1.35 bits per heavy atom. The van der Waals surface area contributed by atoms with Crippen LogP contribution in [-0.2, 0) is 35.1 Å². The van der Waals surface area contributed by atoms with E-state index < -0.39 is 68.4 Å². The van der Waals surface area contributed by atoms with E-state index in [1.807, 2.05) is 6.07 Å². The number of para-hydroxylation sites is 1. The van der Waals surface area contributed by atoms with Gasteiger partial charge in [0.25, 0.3) is 26.1 Å². The quantitative estimate of drug-likeness (QED) is 0.0282. The van der Waals surface area contributed by atoms with Crippen molar-refractivity contribution in [1.82, 2.24) is 0 Å². The first-order valence-electron chi connectivity index (χ1n) is 20.5. The van der Waals surface area contributed by atoms with Gasteiger partial charge in [-0.1, -0.05) is 48.2 Å². The summed E-state index contributed by atoms with van der Waals surface area (Å²) in [7, 11) is -15.2. The number of ether oxygens (including phenoxy) is 1. The van der Waals surface area contributed by atoms with Gasteiger partial charge in [-0.3, -0.25) is 18.9 Å². The Morgan fingerprint density at radius 3 is 2.00 bits per heavy atom. The number of anilines is 2. The van der Waals surface area contributed by atoms with Crippen LogP contribution in [0.25, 0.3) is 21.5 Å². The van der Waals surface area contributed by atoms with Gasteiger partial charge in [0.15, 0.2) is 6.04 Å². The van der Waals surface area contributed by atoms with Gasteiger partial charge in [0.2, 0.25) is 0 Å². The summed E-state index contributed by atoms with van der Waals surface area (Å²) >= 11 is 0. The number of nitrogens with zero attached hydrogens (tertiary/aromatic N) is 9. The Morgan fingerprint density at radius 1 is 0.716 bits per heavy atom. The molecule has 0 aromatic heterocycles. The first-order chi connectivity index (χ1) is 33.6. The molecule has 0 spiro atoms. The molecule has 1 aliphatic rings. The average Bonchev–Trinajstić information content (AvgIpc) is 3.61. The Balaban J connectivity index is 0.00000338. The van der Waals surface area contributed by atoms with Gasteiger partial charge < -0.3 is 25.2 Å². The second-order valence-electron chi connectivity index (χ2n) is 15.2. The summed E-state index contributed by atoms with van der Waals surface area (Å²) in [6.45, 7) is 3.17.